The first-order chi connectivity index (χ1) is 11.7. The average molecular weight is 345 g/mol. The molecule has 132 valence electrons. The predicted octanol–water partition coefficient (Wildman–Crippen LogP) is 2.10. The number of nitrogens with zero attached hydrogens (tertiary/aromatic N) is 2. The lowest BCUT2D eigenvalue weighted by Crippen LogP contribution is -2.72. The summed E-state index contributed by atoms with van der Waals surface area (Å²) in [5.41, 5.74) is 5.76. The van der Waals surface area contributed by atoms with Crippen molar-refractivity contribution in [1.82, 2.24) is 4.57 Å². The van der Waals surface area contributed by atoms with Gasteiger partial charge < -0.3 is 20.3 Å². The van der Waals surface area contributed by atoms with Gasteiger partial charge in [-0.3, -0.25) is 4.79 Å². The Morgan fingerprint density at radius 3 is 2.60 bits per heavy atom. The summed E-state index contributed by atoms with van der Waals surface area (Å²) < 4.78 is 16.5. The Morgan fingerprint density at radius 2 is 2.08 bits per heavy atom. The Kier molecular flexibility index (Phi) is 3.25. The maximum Gasteiger partial charge on any atom is 0.341 e. The molecule has 2 atom stereocenters. The van der Waals surface area contributed by atoms with Crippen molar-refractivity contribution in [2.24, 2.45) is 5.73 Å². The molecule has 1 aromatic heterocycles. The third kappa shape index (κ3) is 2.33. The highest BCUT2D eigenvalue weighted by Crippen LogP contribution is 2.40. The summed E-state index contributed by atoms with van der Waals surface area (Å²) in [4.78, 5) is 25.7. The van der Waals surface area contributed by atoms with E-state index < -0.39 is 17.2 Å². The molecule has 1 aliphatic heterocycles. The molecule has 2 heterocycles. The van der Waals surface area contributed by atoms with Crippen LogP contribution in [0.5, 0.6) is 0 Å². The van der Waals surface area contributed by atoms with Crippen molar-refractivity contribution in [3.8, 4) is 0 Å². The lowest BCUT2D eigenvalue weighted by atomic mass is 9.83. The molecule has 25 heavy (non-hydrogen) atoms. The summed E-state index contributed by atoms with van der Waals surface area (Å²) in [6.07, 6.45) is 3.23. The van der Waals surface area contributed by atoms with Crippen molar-refractivity contribution < 1.29 is 14.3 Å². The number of carbonyl (C=O) groups is 1. The maximum atomic E-state index is 14.7. The first-order valence-electron chi connectivity index (χ1n) is 8.38. The third-order valence-corrected chi connectivity index (χ3v) is 5.51. The van der Waals surface area contributed by atoms with Gasteiger partial charge >= 0.3 is 5.97 Å². The van der Waals surface area contributed by atoms with Crippen LogP contribution < -0.4 is 16.1 Å². The van der Waals surface area contributed by atoms with E-state index in [1.165, 1.54) is 6.20 Å². The minimum Gasteiger partial charge on any atom is -0.477 e. The molecular formula is C18H20FN3O3. The van der Waals surface area contributed by atoms with E-state index in [-0.39, 0.29) is 28.6 Å². The van der Waals surface area contributed by atoms with Crippen molar-refractivity contribution in [3.05, 3.63) is 39.9 Å². The summed E-state index contributed by atoms with van der Waals surface area (Å²) in [7, 11) is 0. The van der Waals surface area contributed by atoms with Crippen molar-refractivity contribution in [2.75, 3.05) is 11.4 Å². The zero-order valence-electron chi connectivity index (χ0n) is 14.1. The van der Waals surface area contributed by atoms with Crippen LogP contribution in [0.2, 0.25) is 0 Å². The van der Waals surface area contributed by atoms with Gasteiger partial charge in [-0.05, 0) is 38.8 Å². The fourth-order valence-corrected chi connectivity index (χ4v) is 3.56. The maximum absolute atomic E-state index is 14.7. The van der Waals surface area contributed by atoms with Gasteiger partial charge in [0.25, 0.3) is 0 Å². The Balaban J connectivity index is 1.94. The monoisotopic (exact) mass is 345 g/mol. The number of carboxylic acid groups (broad SMARTS) is 1. The first-order valence-corrected chi connectivity index (χ1v) is 8.38. The largest absolute Gasteiger partial charge is 0.477 e. The number of anilines is 1. The smallest absolute Gasteiger partial charge is 0.341 e. The predicted molar refractivity (Wildman–Crippen MR) is 92.8 cm³/mol. The number of aromatic nitrogens is 1. The van der Waals surface area contributed by atoms with Crippen LogP contribution in [-0.4, -0.2) is 33.8 Å². The topological polar surface area (TPSA) is 88.6 Å². The van der Waals surface area contributed by atoms with Gasteiger partial charge in [-0.25, -0.2) is 9.18 Å². The molecule has 1 aliphatic carbocycles. The van der Waals surface area contributed by atoms with Crippen LogP contribution in [0.3, 0.4) is 0 Å². The molecule has 0 unspecified atom stereocenters. The van der Waals surface area contributed by atoms with E-state index in [9.17, 15) is 19.1 Å². The van der Waals surface area contributed by atoms with Crippen LogP contribution in [-0.2, 0) is 0 Å². The van der Waals surface area contributed by atoms with Crippen molar-refractivity contribution in [1.29, 1.82) is 0 Å². The van der Waals surface area contributed by atoms with E-state index in [1.54, 1.807) is 10.6 Å². The molecule has 0 amide bonds. The number of aromatic carboxylic acids is 1. The molecule has 4 rings (SSSR count). The number of fused-ring (bicyclic) bond motifs is 1. The minimum atomic E-state index is -1.29. The quantitative estimate of drug-likeness (QED) is 0.889. The first kappa shape index (κ1) is 16.1. The summed E-state index contributed by atoms with van der Waals surface area (Å²) in [5.74, 6) is -1.82. The van der Waals surface area contributed by atoms with Crippen molar-refractivity contribution in [2.45, 2.75) is 44.3 Å². The SMILES string of the molecule is C[C@H]1N(c2cc3c(cc2F)c(=O)c(C(=O)O)cn3C2CC2)C[C@]1(C)N. The number of benzene rings is 1. The zero-order valence-corrected chi connectivity index (χ0v) is 14.1. The van der Waals surface area contributed by atoms with Crippen LogP contribution >= 0.6 is 0 Å². The summed E-state index contributed by atoms with van der Waals surface area (Å²) in [6.45, 7) is 4.39. The van der Waals surface area contributed by atoms with Gasteiger partial charge in [0.15, 0.2) is 0 Å². The summed E-state index contributed by atoms with van der Waals surface area (Å²) in [6, 6.07) is 2.95. The normalized spacial score (nSPS) is 25.9. The molecule has 2 fully saturated rings. The lowest BCUT2D eigenvalue weighted by molar-refractivity contribution is 0.0695. The molecule has 1 saturated carbocycles. The standard InChI is InChI=1S/C18H20FN3O3/c1-9-18(2,20)8-22(9)15-6-14-11(5-13(15)19)16(23)12(17(24)25)7-21(14)10-3-4-10/h5-7,9-10H,3-4,8,20H2,1-2H3,(H,24,25)/t9-,18+/m1/s1. The van der Waals surface area contributed by atoms with Crippen LogP contribution in [0.1, 0.15) is 43.1 Å². The van der Waals surface area contributed by atoms with Gasteiger partial charge in [-0.15, -0.1) is 0 Å². The highest BCUT2D eigenvalue weighted by molar-refractivity contribution is 5.93. The third-order valence-electron chi connectivity index (χ3n) is 5.51. The second-order valence-electron chi connectivity index (χ2n) is 7.45. The van der Waals surface area contributed by atoms with Crippen LogP contribution in [0.25, 0.3) is 10.9 Å². The molecule has 1 saturated heterocycles. The Morgan fingerprint density at radius 1 is 1.40 bits per heavy atom. The van der Waals surface area contributed by atoms with Gasteiger partial charge in [-0.1, -0.05) is 0 Å². The minimum absolute atomic E-state index is 0.0289. The van der Waals surface area contributed by atoms with E-state index in [0.717, 1.165) is 18.9 Å². The number of rotatable bonds is 3. The number of hydrogen-bond acceptors (Lipinski definition) is 4. The van der Waals surface area contributed by atoms with E-state index in [1.807, 2.05) is 18.7 Å². The molecule has 2 aromatic rings. The van der Waals surface area contributed by atoms with Crippen molar-refractivity contribution in [3.63, 3.8) is 0 Å². The van der Waals surface area contributed by atoms with Crippen molar-refractivity contribution >= 4 is 22.6 Å². The van der Waals surface area contributed by atoms with Gasteiger partial charge in [0.1, 0.15) is 11.4 Å². The number of halogens is 1. The van der Waals surface area contributed by atoms with Gasteiger partial charge in [0, 0.05) is 30.2 Å². The molecular weight excluding hydrogens is 325 g/mol. The summed E-state index contributed by atoms with van der Waals surface area (Å²) in [5, 5.41) is 9.38. The van der Waals surface area contributed by atoms with Gasteiger partial charge in [-0.2, -0.15) is 0 Å². The number of hydrogen-bond donors (Lipinski definition) is 2. The second kappa shape index (κ2) is 5.05. The Bertz CT molecular complexity index is 962. The van der Waals surface area contributed by atoms with Crippen LogP contribution in [0.4, 0.5) is 10.1 Å². The zero-order chi connectivity index (χ0) is 18.1. The van der Waals surface area contributed by atoms with Gasteiger partial charge in [0.05, 0.1) is 16.7 Å². The van der Waals surface area contributed by atoms with E-state index >= 15 is 0 Å². The second-order valence-corrected chi connectivity index (χ2v) is 7.45. The number of pyridine rings is 1. The molecule has 0 bridgehead atoms. The van der Waals surface area contributed by atoms with E-state index in [2.05, 4.69) is 0 Å². The fraction of sp³-hybridized carbons (Fsp3) is 0.444. The molecule has 6 nitrogen and oxygen atoms in total. The van der Waals surface area contributed by atoms with E-state index in [0.29, 0.717) is 17.7 Å². The number of nitrogens with two attached hydrogens (primary N) is 1. The highest BCUT2D eigenvalue weighted by atomic mass is 19.1. The molecule has 1 aromatic carbocycles. The molecule has 3 N–H and O–H groups in total. The molecule has 2 aliphatic rings. The number of carboxylic acids is 1. The Labute approximate surface area is 143 Å². The molecule has 7 heteroatoms. The molecule has 0 radical (unpaired) electrons. The lowest BCUT2D eigenvalue weighted by Gasteiger charge is -2.53. The van der Waals surface area contributed by atoms with Crippen LogP contribution in [0.15, 0.2) is 23.1 Å². The summed E-state index contributed by atoms with van der Waals surface area (Å²) >= 11 is 0. The van der Waals surface area contributed by atoms with E-state index in [4.69, 9.17) is 5.73 Å². The fourth-order valence-electron chi connectivity index (χ4n) is 3.56. The average Bonchev–Trinajstić information content (AvgIpc) is 3.37. The molecule has 0 spiro atoms. The van der Waals surface area contributed by atoms with Crippen LogP contribution in [0, 0.1) is 5.82 Å². The Hall–Kier alpha value is -2.41. The van der Waals surface area contributed by atoms with Gasteiger partial charge in [0.2, 0.25) is 5.43 Å². The highest BCUT2D eigenvalue weighted by Gasteiger charge is 2.44.